The van der Waals surface area contributed by atoms with Gasteiger partial charge in [-0.2, -0.15) is 0 Å². The number of carbonyl (C=O) groups is 1. The lowest BCUT2D eigenvalue weighted by atomic mass is 9.80. The normalized spacial score (nSPS) is 37.6. The Bertz CT molecular complexity index is 347. The molecule has 0 spiro atoms. The third-order valence-corrected chi connectivity index (χ3v) is 4.49. The van der Waals surface area contributed by atoms with E-state index in [0.717, 1.165) is 39.0 Å². The van der Waals surface area contributed by atoms with Gasteiger partial charge >= 0.3 is 0 Å². The Kier molecular flexibility index (Phi) is 2.71. The standard InChI is InChI=1S/C13H21N3O/c1-16-7-10-6-14-8-13(10,9-16)12(17)15-11-4-2-3-5-11/h2-3,10-11,14H,4-9H2,1H3,(H,15,17)/t10-,13-/m1/s1. The first kappa shape index (κ1) is 11.2. The van der Waals surface area contributed by atoms with Gasteiger partial charge < -0.3 is 15.5 Å². The lowest BCUT2D eigenvalue weighted by Crippen LogP contribution is -2.49. The van der Waals surface area contributed by atoms with E-state index in [1.165, 1.54) is 0 Å². The van der Waals surface area contributed by atoms with Crippen molar-refractivity contribution in [3.63, 3.8) is 0 Å². The van der Waals surface area contributed by atoms with Crippen LogP contribution in [0.4, 0.5) is 0 Å². The molecule has 2 saturated heterocycles. The molecule has 3 aliphatic rings. The van der Waals surface area contributed by atoms with Crippen molar-refractivity contribution in [1.29, 1.82) is 0 Å². The molecular weight excluding hydrogens is 214 g/mol. The highest BCUT2D eigenvalue weighted by Gasteiger charge is 2.54. The first-order valence-electron chi connectivity index (χ1n) is 6.56. The van der Waals surface area contributed by atoms with Gasteiger partial charge in [-0.1, -0.05) is 12.2 Å². The van der Waals surface area contributed by atoms with Gasteiger partial charge in [0.15, 0.2) is 0 Å². The van der Waals surface area contributed by atoms with Crippen LogP contribution in [0.1, 0.15) is 12.8 Å². The van der Waals surface area contributed by atoms with Crippen molar-refractivity contribution < 1.29 is 4.79 Å². The molecular formula is C13H21N3O. The predicted octanol–water partition coefficient (Wildman–Crippen LogP) is -0.0276. The number of amides is 1. The van der Waals surface area contributed by atoms with Crippen LogP contribution in [-0.4, -0.2) is 50.1 Å². The lowest BCUT2D eigenvalue weighted by molar-refractivity contribution is -0.131. The number of hydrogen-bond donors (Lipinski definition) is 2. The zero-order valence-corrected chi connectivity index (χ0v) is 10.4. The highest BCUT2D eigenvalue weighted by molar-refractivity contribution is 5.85. The highest BCUT2D eigenvalue weighted by Crippen LogP contribution is 2.38. The van der Waals surface area contributed by atoms with Crippen LogP contribution in [0.25, 0.3) is 0 Å². The molecule has 1 aliphatic carbocycles. The van der Waals surface area contributed by atoms with Gasteiger partial charge in [-0.3, -0.25) is 4.79 Å². The molecule has 0 aromatic heterocycles. The van der Waals surface area contributed by atoms with Crippen molar-refractivity contribution in [2.24, 2.45) is 11.3 Å². The summed E-state index contributed by atoms with van der Waals surface area (Å²) in [7, 11) is 2.12. The topological polar surface area (TPSA) is 44.4 Å². The van der Waals surface area contributed by atoms with Crippen LogP contribution >= 0.6 is 0 Å². The Hall–Kier alpha value is -0.870. The van der Waals surface area contributed by atoms with Crippen molar-refractivity contribution in [3.8, 4) is 0 Å². The molecule has 4 nitrogen and oxygen atoms in total. The average Bonchev–Trinajstić information content (AvgIpc) is 2.92. The van der Waals surface area contributed by atoms with Crippen molar-refractivity contribution in [1.82, 2.24) is 15.5 Å². The predicted molar refractivity (Wildman–Crippen MR) is 66.6 cm³/mol. The first-order chi connectivity index (χ1) is 8.21. The summed E-state index contributed by atoms with van der Waals surface area (Å²) in [5.74, 6) is 0.757. The molecule has 3 rings (SSSR count). The SMILES string of the molecule is CN1C[C@H]2CNC[C@@]2(C(=O)NC2CC=CC2)C1. The number of nitrogens with zero attached hydrogens (tertiary/aromatic N) is 1. The fraction of sp³-hybridized carbons (Fsp3) is 0.769. The van der Waals surface area contributed by atoms with Crippen LogP contribution < -0.4 is 10.6 Å². The number of fused-ring (bicyclic) bond motifs is 1. The van der Waals surface area contributed by atoms with E-state index in [9.17, 15) is 4.79 Å². The quantitative estimate of drug-likeness (QED) is 0.661. The smallest absolute Gasteiger partial charge is 0.229 e. The van der Waals surface area contributed by atoms with E-state index in [1.807, 2.05) is 0 Å². The molecule has 0 aromatic carbocycles. The molecule has 2 N–H and O–H groups in total. The third-order valence-electron chi connectivity index (χ3n) is 4.49. The number of hydrogen-bond acceptors (Lipinski definition) is 3. The Morgan fingerprint density at radius 1 is 1.47 bits per heavy atom. The largest absolute Gasteiger partial charge is 0.352 e. The van der Waals surface area contributed by atoms with Crippen LogP contribution in [0.3, 0.4) is 0 Å². The van der Waals surface area contributed by atoms with Crippen molar-refractivity contribution in [2.45, 2.75) is 18.9 Å². The molecule has 0 unspecified atom stereocenters. The van der Waals surface area contributed by atoms with Crippen LogP contribution in [0.15, 0.2) is 12.2 Å². The van der Waals surface area contributed by atoms with Gasteiger partial charge in [0.25, 0.3) is 0 Å². The monoisotopic (exact) mass is 235 g/mol. The summed E-state index contributed by atoms with van der Waals surface area (Å²) in [6.07, 6.45) is 6.31. The van der Waals surface area contributed by atoms with Gasteiger partial charge in [0.2, 0.25) is 5.91 Å². The minimum atomic E-state index is -0.169. The Morgan fingerprint density at radius 2 is 2.24 bits per heavy atom. The average molecular weight is 235 g/mol. The van der Waals surface area contributed by atoms with Gasteiger partial charge in [0.05, 0.1) is 5.41 Å². The summed E-state index contributed by atoms with van der Waals surface area (Å²) in [5, 5.41) is 6.62. The second-order valence-electron chi connectivity index (χ2n) is 5.79. The minimum absolute atomic E-state index is 0.169. The van der Waals surface area contributed by atoms with Crippen LogP contribution in [0, 0.1) is 11.3 Å². The molecule has 0 aromatic rings. The Balaban J connectivity index is 1.70. The summed E-state index contributed by atoms with van der Waals surface area (Å²) >= 11 is 0. The molecule has 2 fully saturated rings. The lowest BCUT2D eigenvalue weighted by Gasteiger charge is -2.28. The molecule has 0 bridgehead atoms. The second-order valence-corrected chi connectivity index (χ2v) is 5.79. The van der Waals surface area contributed by atoms with Crippen molar-refractivity contribution in [3.05, 3.63) is 12.2 Å². The van der Waals surface area contributed by atoms with Gasteiger partial charge in [0, 0.05) is 38.1 Å². The van der Waals surface area contributed by atoms with Crippen molar-refractivity contribution in [2.75, 3.05) is 33.2 Å². The summed E-state index contributed by atoms with van der Waals surface area (Å²) in [6.45, 7) is 3.77. The summed E-state index contributed by atoms with van der Waals surface area (Å²) in [4.78, 5) is 14.8. The summed E-state index contributed by atoms with van der Waals surface area (Å²) in [6, 6.07) is 0.337. The molecule has 0 radical (unpaired) electrons. The van der Waals surface area contributed by atoms with Gasteiger partial charge in [-0.15, -0.1) is 0 Å². The van der Waals surface area contributed by atoms with Crippen molar-refractivity contribution >= 4 is 5.91 Å². The summed E-state index contributed by atoms with van der Waals surface area (Å²) in [5.41, 5.74) is -0.169. The highest BCUT2D eigenvalue weighted by atomic mass is 16.2. The van der Waals surface area contributed by atoms with E-state index in [2.05, 4.69) is 34.7 Å². The van der Waals surface area contributed by atoms with E-state index in [4.69, 9.17) is 0 Å². The Labute approximate surface area is 102 Å². The van der Waals surface area contributed by atoms with E-state index in [1.54, 1.807) is 0 Å². The maximum atomic E-state index is 12.5. The molecule has 2 aliphatic heterocycles. The molecule has 2 heterocycles. The van der Waals surface area contributed by atoms with Crippen LogP contribution in [0.2, 0.25) is 0 Å². The third kappa shape index (κ3) is 1.79. The van der Waals surface area contributed by atoms with Gasteiger partial charge in [0.1, 0.15) is 0 Å². The summed E-state index contributed by atoms with van der Waals surface area (Å²) < 4.78 is 0. The molecule has 0 saturated carbocycles. The van der Waals surface area contributed by atoms with Crippen LogP contribution in [0.5, 0.6) is 0 Å². The minimum Gasteiger partial charge on any atom is -0.352 e. The zero-order valence-electron chi connectivity index (χ0n) is 10.4. The fourth-order valence-corrected chi connectivity index (χ4v) is 3.56. The first-order valence-corrected chi connectivity index (χ1v) is 6.56. The van der Waals surface area contributed by atoms with Gasteiger partial charge in [-0.25, -0.2) is 0 Å². The number of carbonyl (C=O) groups excluding carboxylic acids is 1. The van der Waals surface area contributed by atoms with E-state index in [-0.39, 0.29) is 11.3 Å². The molecule has 94 valence electrons. The molecule has 1 amide bonds. The fourth-order valence-electron chi connectivity index (χ4n) is 3.56. The number of likely N-dealkylation sites (tertiary alicyclic amines) is 1. The zero-order chi connectivity index (χ0) is 11.9. The van der Waals surface area contributed by atoms with E-state index in [0.29, 0.717) is 12.0 Å². The van der Waals surface area contributed by atoms with E-state index < -0.39 is 0 Å². The van der Waals surface area contributed by atoms with E-state index >= 15 is 0 Å². The molecule has 4 heteroatoms. The molecule has 2 atom stereocenters. The number of rotatable bonds is 2. The number of nitrogens with one attached hydrogen (secondary N) is 2. The second kappa shape index (κ2) is 4.10. The Morgan fingerprint density at radius 3 is 3.00 bits per heavy atom. The molecule has 17 heavy (non-hydrogen) atoms. The maximum absolute atomic E-state index is 12.5. The van der Waals surface area contributed by atoms with Gasteiger partial charge in [-0.05, 0) is 19.9 Å². The maximum Gasteiger partial charge on any atom is 0.229 e. The van der Waals surface area contributed by atoms with Crippen LogP contribution in [-0.2, 0) is 4.79 Å².